The summed E-state index contributed by atoms with van der Waals surface area (Å²) in [6.45, 7) is 4.77. The average molecular weight is 288 g/mol. The maximum Gasteiger partial charge on any atom is 0.0994 e. The number of nitrogens with two attached hydrogens (primary N) is 1. The third-order valence-corrected chi connectivity index (χ3v) is 3.35. The Morgan fingerprint density at radius 2 is 2.28 bits per heavy atom. The molecule has 0 aliphatic rings. The normalized spacial score (nSPS) is 12.2. The number of hydrogen-bond donors (Lipinski definition) is 1. The highest BCUT2D eigenvalue weighted by atomic mass is 35.5. The molecule has 0 aromatic carbocycles. The van der Waals surface area contributed by atoms with E-state index in [-0.39, 0.29) is 18.4 Å². The zero-order chi connectivity index (χ0) is 12.3. The van der Waals surface area contributed by atoms with Crippen molar-refractivity contribution in [1.29, 1.82) is 0 Å². The second kappa shape index (κ2) is 6.82. The number of rotatable bonds is 5. The summed E-state index contributed by atoms with van der Waals surface area (Å²) < 4.78 is 1.79. The molecular weight excluding hydrogens is 270 g/mol. The lowest BCUT2D eigenvalue weighted by atomic mass is 10.1. The van der Waals surface area contributed by atoms with Gasteiger partial charge in [0.05, 0.1) is 35.2 Å². The first-order valence-electron chi connectivity index (χ1n) is 5.75. The minimum absolute atomic E-state index is 0. The summed E-state index contributed by atoms with van der Waals surface area (Å²) in [7, 11) is 0. The Morgan fingerprint density at radius 3 is 2.89 bits per heavy atom. The minimum Gasteiger partial charge on any atom is -0.323 e. The molecule has 2 aromatic rings. The molecule has 100 valence electrons. The van der Waals surface area contributed by atoms with Crippen LogP contribution in [0.1, 0.15) is 42.2 Å². The van der Waals surface area contributed by atoms with E-state index < -0.39 is 0 Å². The molecule has 0 spiro atoms. The lowest BCUT2D eigenvalue weighted by Gasteiger charge is -2.04. The number of nitrogens with zero attached hydrogens (tertiary/aromatic N) is 4. The highest BCUT2D eigenvalue weighted by Crippen LogP contribution is 2.13. The lowest BCUT2D eigenvalue weighted by molar-refractivity contribution is 0.616. The monoisotopic (exact) mass is 287 g/mol. The molecule has 0 amide bonds. The largest absolute Gasteiger partial charge is 0.323 e. The first-order chi connectivity index (χ1) is 8.19. The maximum absolute atomic E-state index is 5.99. The predicted molar refractivity (Wildman–Crippen MR) is 75.1 cm³/mol. The van der Waals surface area contributed by atoms with Crippen LogP contribution in [0.5, 0.6) is 0 Å². The van der Waals surface area contributed by atoms with Crippen molar-refractivity contribution in [3.8, 4) is 0 Å². The molecule has 18 heavy (non-hydrogen) atoms. The van der Waals surface area contributed by atoms with Gasteiger partial charge in [0.25, 0.3) is 0 Å². The SMILES string of the molecule is CCCC(N)c1cn(Cc2csc(C)n2)nn1.Cl. The van der Waals surface area contributed by atoms with Crippen molar-refractivity contribution in [3.63, 3.8) is 0 Å². The van der Waals surface area contributed by atoms with Crippen LogP contribution in [0, 0.1) is 6.92 Å². The molecule has 0 bridgehead atoms. The van der Waals surface area contributed by atoms with Crippen molar-refractivity contribution in [2.24, 2.45) is 5.73 Å². The summed E-state index contributed by atoms with van der Waals surface area (Å²) in [6.07, 6.45) is 3.91. The van der Waals surface area contributed by atoms with Gasteiger partial charge in [0.15, 0.2) is 0 Å². The summed E-state index contributed by atoms with van der Waals surface area (Å²) >= 11 is 1.65. The van der Waals surface area contributed by atoms with Gasteiger partial charge in [-0.1, -0.05) is 18.6 Å². The fourth-order valence-electron chi connectivity index (χ4n) is 1.67. The van der Waals surface area contributed by atoms with Gasteiger partial charge in [-0.3, -0.25) is 0 Å². The van der Waals surface area contributed by atoms with Gasteiger partial charge in [-0.25, -0.2) is 9.67 Å². The average Bonchev–Trinajstić information content (AvgIpc) is 2.89. The van der Waals surface area contributed by atoms with Crippen LogP contribution in [0.4, 0.5) is 0 Å². The first kappa shape index (κ1) is 15.1. The Labute approximate surface area is 117 Å². The van der Waals surface area contributed by atoms with E-state index in [9.17, 15) is 0 Å². The number of thiazole rings is 1. The molecule has 0 radical (unpaired) electrons. The predicted octanol–water partition coefficient (Wildman–Crippen LogP) is 2.31. The van der Waals surface area contributed by atoms with E-state index in [1.807, 2.05) is 18.5 Å². The Kier molecular flexibility index (Phi) is 5.71. The Balaban J connectivity index is 0.00000162. The molecule has 0 saturated heterocycles. The van der Waals surface area contributed by atoms with Crippen molar-refractivity contribution in [3.05, 3.63) is 28.0 Å². The molecule has 2 heterocycles. The maximum atomic E-state index is 5.99. The van der Waals surface area contributed by atoms with E-state index in [4.69, 9.17) is 5.73 Å². The van der Waals surface area contributed by atoms with E-state index in [0.717, 1.165) is 29.2 Å². The number of aryl methyl sites for hydroxylation is 1. The van der Waals surface area contributed by atoms with Crippen LogP contribution in [-0.2, 0) is 6.54 Å². The second-order valence-electron chi connectivity index (χ2n) is 4.09. The molecule has 0 aliphatic heterocycles. The molecule has 0 aliphatic carbocycles. The Morgan fingerprint density at radius 1 is 1.50 bits per heavy atom. The summed E-state index contributed by atoms with van der Waals surface area (Å²) in [5.41, 5.74) is 7.87. The quantitative estimate of drug-likeness (QED) is 0.916. The van der Waals surface area contributed by atoms with E-state index in [1.54, 1.807) is 16.0 Å². The van der Waals surface area contributed by atoms with Gasteiger partial charge in [0.1, 0.15) is 0 Å². The molecule has 2 N–H and O–H groups in total. The van der Waals surface area contributed by atoms with Crippen LogP contribution in [0.15, 0.2) is 11.6 Å². The molecular formula is C11H18ClN5S. The van der Waals surface area contributed by atoms with Gasteiger partial charge in [-0.15, -0.1) is 28.8 Å². The summed E-state index contributed by atoms with van der Waals surface area (Å²) in [6, 6.07) is -0.00841. The third-order valence-electron chi connectivity index (χ3n) is 2.53. The van der Waals surface area contributed by atoms with E-state index in [1.165, 1.54) is 0 Å². The molecule has 1 unspecified atom stereocenters. The fourth-order valence-corrected chi connectivity index (χ4v) is 2.27. The summed E-state index contributed by atoms with van der Waals surface area (Å²) in [5.74, 6) is 0. The van der Waals surface area contributed by atoms with E-state index >= 15 is 0 Å². The third kappa shape index (κ3) is 3.76. The molecule has 5 nitrogen and oxygen atoms in total. The van der Waals surface area contributed by atoms with Crippen LogP contribution >= 0.6 is 23.7 Å². The minimum atomic E-state index is -0.00841. The van der Waals surface area contributed by atoms with Crippen molar-refractivity contribution in [2.75, 3.05) is 0 Å². The molecule has 2 aromatic heterocycles. The molecule has 0 saturated carbocycles. The molecule has 2 rings (SSSR count). The van der Waals surface area contributed by atoms with Crippen molar-refractivity contribution in [2.45, 2.75) is 39.3 Å². The van der Waals surface area contributed by atoms with Gasteiger partial charge in [-0.05, 0) is 13.3 Å². The Hall–Kier alpha value is -0.980. The van der Waals surface area contributed by atoms with Gasteiger partial charge < -0.3 is 5.73 Å². The van der Waals surface area contributed by atoms with Crippen LogP contribution in [0.25, 0.3) is 0 Å². The van der Waals surface area contributed by atoms with Gasteiger partial charge in [0.2, 0.25) is 0 Å². The topological polar surface area (TPSA) is 69.6 Å². The summed E-state index contributed by atoms with van der Waals surface area (Å²) in [5, 5.41) is 11.3. The highest BCUT2D eigenvalue weighted by Gasteiger charge is 2.10. The van der Waals surface area contributed by atoms with E-state index in [2.05, 4.69) is 22.2 Å². The van der Waals surface area contributed by atoms with Crippen LogP contribution < -0.4 is 5.73 Å². The van der Waals surface area contributed by atoms with Gasteiger partial charge in [0, 0.05) is 5.38 Å². The van der Waals surface area contributed by atoms with Crippen LogP contribution in [0.2, 0.25) is 0 Å². The van der Waals surface area contributed by atoms with Crippen LogP contribution in [0.3, 0.4) is 0 Å². The number of aromatic nitrogens is 4. The highest BCUT2D eigenvalue weighted by molar-refractivity contribution is 7.09. The molecule has 7 heteroatoms. The first-order valence-corrected chi connectivity index (χ1v) is 6.63. The standard InChI is InChI=1S/C11H17N5S.ClH/c1-3-4-10(12)11-6-16(15-14-11)5-9-7-17-8(2)13-9;/h6-7,10H,3-5,12H2,1-2H3;1H. The molecule has 0 fully saturated rings. The smallest absolute Gasteiger partial charge is 0.0994 e. The Bertz CT molecular complexity index is 481. The van der Waals surface area contributed by atoms with Crippen molar-refractivity contribution < 1.29 is 0 Å². The van der Waals surface area contributed by atoms with Crippen LogP contribution in [-0.4, -0.2) is 20.0 Å². The molecule has 1 atom stereocenters. The second-order valence-corrected chi connectivity index (χ2v) is 5.16. The summed E-state index contributed by atoms with van der Waals surface area (Å²) in [4.78, 5) is 4.40. The van der Waals surface area contributed by atoms with E-state index in [0.29, 0.717) is 6.54 Å². The van der Waals surface area contributed by atoms with Crippen molar-refractivity contribution >= 4 is 23.7 Å². The van der Waals surface area contributed by atoms with Gasteiger partial charge in [-0.2, -0.15) is 0 Å². The zero-order valence-electron chi connectivity index (χ0n) is 10.5. The fraction of sp³-hybridized carbons (Fsp3) is 0.545. The van der Waals surface area contributed by atoms with Crippen molar-refractivity contribution in [1.82, 2.24) is 20.0 Å². The number of hydrogen-bond acceptors (Lipinski definition) is 5. The number of halogens is 1. The lowest BCUT2D eigenvalue weighted by Crippen LogP contribution is -2.10. The zero-order valence-corrected chi connectivity index (χ0v) is 12.2. The van der Waals surface area contributed by atoms with Gasteiger partial charge >= 0.3 is 0 Å².